The van der Waals surface area contributed by atoms with Crippen LogP contribution in [0.25, 0.3) is 0 Å². The van der Waals surface area contributed by atoms with Crippen molar-refractivity contribution in [1.29, 1.82) is 0 Å². The number of carbonyl (C=O) groups excluding carboxylic acids is 6. The van der Waals surface area contributed by atoms with Gasteiger partial charge in [-0.2, -0.15) is 0 Å². The van der Waals surface area contributed by atoms with E-state index in [-0.39, 0.29) is 67.7 Å². The fourth-order valence-corrected chi connectivity index (χ4v) is 4.48. The first kappa shape index (κ1) is 46.6. The second-order valence-corrected chi connectivity index (χ2v) is 11.2. The third-order valence-electron chi connectivity index (χ3n) is 7.01. The normalized spacial score (nSPS) is 12.8. The van der Waals surface area contributed by atoms with Crippen molar-refractivity contribution in [2.24, 2.45) is 11.5 Å². The summed E-state index contributed by atoms with van der Waals surface area (Å²) in [5, 5.41) is 37.8. The van der Waals surface area contributed by atoms with Gasteiger partial charge in [0.05, 0.1) is 61.2 Å². The number of rotatable bonds is 24. The summed E-state index contributed by atoms with van der Waals surface area (Å²) in [4.78, 5) is 84.5. The largest absolute Gasteiger partial charge is 2.00 e. The van der Waals surface area contributed by atoms with Crippen LogP contribution in [-0.4, -0.2) is 120 Å². The van der Waals surface area contributed by atoms with Gasteiger partial charge in [-0.3, -0.25) is 19.2 Å². The van der Waals surface area contributed by atoms with Gasteiger partial charge in [-0.1, -0.05) is 0 Å². The van der Waals surface area contributed by atoms with Crippen LogP contribution in [0.15, 0.2) is 25.0 Å². The van der Waals surface area contributed by atoms with E-state index in [2.05, 4.69) is 51.8 Å². The molecule has 51 heavy (non-hydrogen) atoms. The summed E-state index contributed by atoms with van der Waals surface area (Å²) in [6, 6.07) is -4.16. The fourth-order valence-electron chi connectivity index (χ4n) is 4.48. The summed E-state index contributed by atoms with van der Waals surface area (Å²) in [6.45, 7) is 0.945. The summed E-state index contributed by atoms with van der Waals surface area (Å²) in [6.07, 6.45) is 9.19. The van der Waals surface area contributed by atoms with Crippen molar-refractivity contribution in [3.05, 3.63) is 36.4 Å². The van der Waals surface area contributed by atoms with Crippen LogP contribution in [0.3, 0.4) is 0 Å². The zero-order chi connectivity index (χ0) is 37.3. The van der Waals surface area contributed by atoms with Gasteiger partial charge in [0.25, 0.3) is 0 Å². The number of nitrogens with zero attached hydrogens (tertiary/aromatic N) is 2. The smallest absolute Gasteiger partial charge is 0.548 e. The topological polar surface area (TPSA) is 330 Å². The first-order valence-corrected chi connectivity index (χ1v) is 16.2. The van der Waals surface area contributed by atoms with Gasteiger partial charge in [-0.05, 0) is 65.7 Å². The maximum Gasteiger partial charge on any atom is 2.00 e. The Morgan fingerprint density at radius 2 is 1.02 bits per heavy atom. The number of unbranched alkanes of at least 4 members (excludes halogenated alkanes) is 2. The minimum atomic E-state index is -1.37. The third-order valence-corrected chi connectivity index (χ3v) is 7.01. The number of imidazole rings is 2. The monoisotopic (exact) mass is 761 g/mol. The van der Waals surface area contributed by atoms with E-state index in [1.807, 2.05) is 0 Å². The number of aliphatic carboxylic acids is 2. The van der Waals surface area contributed by atoms with Gasteiger partial charge in [-0.15, -0.1) is 0 Å². The van der Waals surface area contributed by atoms with E-state index in [1.165, 1.54) is 12.7 Å². The average Bonchev–Trinajstić information content (AvgIpc) is 3.78. The van der Waals surface area contributed by atoms with E-state index >= 15 is 0 Å². The van der Waals surface area contributed by atoms with Crippen LogP contribution in [0.4, 0.5) is 0 Å². The van der Waals surface area contributed by atoms with Crippen molar-refractivity contribution in [2.75, 3.05) is 40.3 Å². The number of aromatic amines is 2. The molecular weight excluding hydrogens is 711 g/mol. The molecule has 0 aromatic carbocycles. The van der Waals surface area contributed by atoms with Crippen LogP contribution in [0.5, 0.6) is 0 Å². The van der Waals surface area contributed by atoms with Crippen molar-refractivity contribution in [2.45, 2.75) is 75.5 Å². The minimum Gasteiger partial charge on any atom is -0.548 e. The molecule has 2 aromatic heterocycles. The number of aromatic nitrogens is 4. The van der Waals surface area contributed by atoms with Crippen LogP contribution in [0.1, 0.15) is 49.9 Å². The number of carbonyl (C=O) groups is 6. The molecule has 2 aromatic rings. The van der Waals surface area contributed by atoms with E-state index in [4.69, 9.17) is 11.5 Å². The standard InChI is InChI=1S/2C15H26N6O4.Mn/c2*1-17-8-13(22)20-12(6-10-7-18-9-19-10)14(23)21-11(15(24)25)4-2-3-5-16;/h2*7,9,11-12,17H,2-6,8,16H2,1H3,(H,18,19)(H,20,22)(H,21,23)(H,24,25);/q;;+2/p-2/t2*11-,12-;/m00./s1. The molecule has 0 aliphatic heterocycles. The van der Waals surface area contributed by atoms with Crippen LogP contribution >= 0.6 is 0 Å². The molecule has 0 unspecified atom stereocenters. The quantitative estimate of drug-likeness (QED) is 0.0352. The molecule has 0 aliphatic rings. The maximum atomic E-state index is 12.5. The molecule has 0 fully saturated rings. The summed E-state index contributed by atoms with van der Waals surface area (Å²) < 4.78 is 0. The van der Waals surface area contributed by atoms with Crippen LogP contribution in [0.2, 0.25) is 0 Å². The van der Waals surface area contributed by atoms with E-state index in [0.29, 0.717) is 50.2 Å². The third kappa shape index (κ3) is 20.1. The molecule has 21 heteroatoms. The summed E-state index contributed by atoms with van der Waals surface area (Å²) in [5.41, 5.74) is 11.9. The average molecular weight is 762 g/mol. The predicted octanol–water partition coefficient (Wildman–Crippen LogP) is -5.96. The Balaban J connectivity index is 0.000000962. The molecule has 0 spiro atoms. The van der Waals surface area contributed by atoms with Crippen molar-refractivity contribution in [3.8, 4) is 0 Å². The zero-order valence-electron chi connectivity index (χ0n) is 28.8. The van der Waals surface area contributed by atoms with E-state index < -0.39 is 47.9 Å². The molecule has 0 aliphatic carbocycles. The Labute approximate surface area is 306 Å². The number of amides is 4. The Bertz CT molecular complexity index is 1200. The Hall–Kier alpha value is -4.40. The van der Waals surface area contributed by atoms with Gasteiger partial charge in [0.1, 0.15) is 12.1 Å². The predicted molar refractivity (Wildman–Crippen MR) is 176 cm³/mol. The molecular formula is C30H50MnN12O8. The molecule has 285 valence electrons. The molecule has 4 amide bonds. The molecule has 2 heterocycles. The van der Waals surface area contributed by atoms with Gasteiger partial charge in [0.15, 0.2) is 0 Å². The second kappa shape index (κ2) is 27.3. The summed E-state index contributed by atoms with van der Waals surface area (Å²) in [5.74, 6) is -4.71. The van der Waals surface area contributed by atoms with Crippen molar-refractivity contribution in [3.63, 3.8) is 0 Å². The molecule has 1 radical (unpaired) electrons. The Morgan fingerprint density at radius 1 is 0.647 bits per heavy atom. The van der Waals surface area contributed by atoms with Gasteiger partial charge >= 0.3 is 17.1 Å². The molecule has 0 bridgehead atoms. The second-order valence-electron chi connectivity index (χ2n) is 11.2. The number of hydrogen-bond acceptors (Lipinski definition) is 14. The van der Waals surface area contributed by atoms with Crippen molar-refractivity contribution >= 4 is 35.6 Å². The minimum absolute atomic E-state index is 0. The van der Waals surface area contributed by atoms with Gasteiger partial charge in [0.2, 0.25) is 23.6 Å². The number of nitrogens with one attached hydrogen (secondary N) is 8. The molecule has 0 saturated heterocycles. The van der Waals surface area contributed by atoms with E-state index in [1.54, 1.807) is 26.5 Å². The van der Waals surface area contributed by atoms with Gasteiger partial charge < -0.3 is 73.1 Å². The van der Waals surface area contributed by atoms with E-state index in [0.717, 1.165) is 0 Å². The molecule has 0 saturated carbocycles. The zero-order valence-corrected chi connectivity index (χ0v) is 30.0. The van der Waals surface area contributed by atoms with Gasteiger partial charge in [-0.25, -0.2) is 9.97 Å². The molecule has 4 atom stereocenters. The van der Waals surface area contributed by atoms with E-state index in [9.17, 15) is 39.0 Å². The number of carboxylic acids is 2. The Kier molecular flexibility index (Phi) is 25.0. The number of hydrogen-bond donors (Lipinski definition) is 10. The first-order chi connectivity index (χ1) is 23.9. The molecule has 12 N–H and O–H groups in total. The van der Waals surface area contributed by atoms with Crippen molar-refractivity contribution in [1.82, 2.24) is 51.8 Å². The number of H-pyrrole nitrogens is 2. The number of carboxylic acid groups (broad SMARTS) is 2. The summed E-state index contributed by atoms with van der Waals surface area (Å²) in [7, 11) is 3.21. The van der Waals surface area contributed by atoms with Crippen LogP contribution in [-0.2, 0) is 58.7 Å². The molecule has 20 nitrogen and oxygen atoms in total. The first-order valence-electron chi connectivity index (χ1n) is 16.2. The van der Waals surface area contributed by atoms with Gasteiger partial charge in [0, 0.05) is 25.2 Å². The number of nitrogens with two attached hydrogens (primary N) is 2. The molecule has 2 rings (SSSR count). The fraction of sp³-hybridized carbons (Fsp3) is 0.600. The number of likely N-dealkylation sites (N-methyl/N-ethyl adjacent to an activating group) is 2. The SMILES string of the molecule is CNCC(=O)N[C@@H](Cc1c[nH]cn1)C(=O)N[C@@H](CCCCN)C(=O)[O-].CNCC(=O)N[C@@H](Cc1c[nH]cn1)C(=O)N[C@@H](CCCCN)C(=O)[O-].[Mn+2]. The maximum absolute atomic E-state index is 12.5. The Morgan fingerprint density at radius 3 is 1.29 bits per heavy atom. The summed E-state index contributed by atoms with van der Waals surface area (Å²) >= 11 is 0. The van der Waals surface area contributed by atoms with Crippen LogP contribution in [0, 0.1) is 0 Å². The van der Waals surface area contributed by atoms with Crippen LogP contribution < -0.4 is 53.6 Å². The van der Waals surface area contributed by atoms with Crippen molar-refractivity contribution < 1.29 is 56.0 Å².